The van der Waals surface area contributed by atoms with E-state index in [1.54, 1.807) is 19.3 Å². The number of pyridine rings is 1. The number of aryl methyl sites for hydroxylation is 1. The van der Waals surface area contributed by atoms with Crippen LogP contribution in [0.1, 0.15) is 18.1 Å². The Hall–Kier alpha value is -0.970. The largest absolute Gasteiger partial charge is 0.394 e. The zero-order valence-electron chi connectivity index (χ0n) is 9.20. The van der Waals surface area contributed by atoms with E-state index in [0.717, 1.165) is 11.1 Å². The van der Waals surface area contributed by atoms with Gasteiger partial charge in [0.15, 0.2) is 0 Å². The third-order valence-corrected chi connectivity index (χ3v) is 2.35. The molecule has 0 fully saturated rings. The molecule has 0 aliphatic rings. The molecular formula is C11H18N2O2. The van der Waals surface area contributed by atoms with E-state index in [9.17, 15) is 0 Å². The molecule has 4 heteroatoms. The summed E-state index contributed by atoms with van der Waals surface area (Å²) in [4.78, 5) is 4.07. The quantitative estimate of drug-likeness (QED) is 0.650. The monoisotopic (exact) mass is 210 g/mol. The molecule has 1 aromatic rings. The second-order valence-corrected chi connectivity index (χ2v) is 4.10. The molecule has 0 unspecified atom stereocenters. The number of aromatic nitrogens is 1. The highest BCUT2D eigenvalue weighted by Crippen LogP contribution is 2.05. The van der Waals surface area contributed by atoms with E-state index < -0.39 is 5.54 Å². The van der Waals surface area contributed by atoms with Crippen molar-refractivity contribution in [3.8, 4) is 0 Å². The maximum absolute atomic E-state index is 9.08. The lowest BCUT2D eigenvalue weighted by atomic mass is 10.1. The lowest BCUT2D eigenvalue weighted by Gasteiger charge is -2.26. The van der Waals surface area contributed by atoms with E-state index in [0.29, 0.717) is 6.54 Å². The highest BCUT2D eigenvalue weighted by molar-refractivity contribution is 5.16. The fourth-order valence-corrected chi connectivity index (χ4v) is 1.19. The lowest BCUT2D eigenvalue weighted by Crippen LogP contribution is -2.48. The summed E-state index contributed by atoms with van der Waals surface area (Å²) >= 11 is 0. The van der Waals surface area contributed by atoms with Gasteiger partial charge in [-0.05, 0) is 25.0 Å². The van der Waals surface area contributed by atoms with Crippen LogP contribution in [0.15, 0.2) is 18.5 Å². The maximum atomic E-state index is 9.08. The van der Waals surface area contributed by atoms with Gasteiger partial charge in [0.2, 0.25) is 0 Å². The molecule has 0 saturated heterocycles. The molecular weight excluding hydrogens is 192 g/mol. The SMILES string of the molecule is Cc1cncc(CNC(C)(CO)CO)c1. The molecule has 1 aromatic heterocycles. The van der Waals surface area contributed by atoms with Crippen LogP contribution >= 0.6 is 0 Å². The van der Waals surface area contributed by atoms with Crippen molar-refractivity contribution in [1.82, 2.24) is 10.3 Å². The third kappa shape index (κ3) is 3.58. The molecule has 15 heavy (non-hydrogen) atoms. The van der Waals surface area contributed by atoms with Gasteiger partial charge in [0.05, 0.1) is 18.8 Å². The van der Waals surface area contributed by atoms with Gasteiger partial charge < -0.3 is 15.5 Å². The van der Waals surface area contributed by atoms with Gasteiger partial charge in [-0.2, -0.15) is 0 Å². The molecule has 1 rings (SSSR count). The first-order chi connectivity index (χ1) is 7.09. The molecule has 1 heterocycles. The molecule has 0 aliphatic carbocycles. The summed E-state index contributed by atoms with van der Waals surface area (Å²) in [6.45, 7) is 4.15. The van der Waals surface area contributed by atoms with E-state index in [1.807, 2.05) is 13.0 Å². The lowest BCUT2D eigenvalue weighted by molar-refractivity contribution is 0.103. The summed E-state index contributed by atoms with van der Waals surface area (Å²) in [6, 6.07) is 2.02. The van der Waals surface area contributed by atoms with Gasteiger partial charge >= 0.3 is 0 Å². The summed E-state index contributed by atoms with van der Waals surface area (Å²) in [5.74, 6) is 0. The van der Waals surface area contributed by atoms with Gasteiger partial charge in [-0.3, -0.25) is 4.98 Å². The minimum absolute atomic E-state index is 0.0945. The van der Waals surface area contributed by atoms with Crippen molar-refractivity contribution in [3.63, 3.8) is 0 Å². The van der Waals surface area contributed by atoms with Crippen molar-refractivity contribution in [2.45, 2.75) is 25.9 Å². The predicted octanol–water partition coefficient (Wildman–Crippen LogP) is 0.223. The van der Waals surface area contributed by atoms with Crippen molar-refractivity contribution in [3.05, 3.63) is 29.6 Å². The Kier molecular flexibility index (Phi) is 4.20. The van der Waals surface area contributed by atoms with E-state index >= 15 is 0 Å². The molecule has 0 aromatic carbocycles. The van der Waals surface area contributed by atoms with E-state index in [-0.39, 0.29) is 13.2 Å². The molecule has 0 spiro atoms. The topological polar surface area (TPSA) is 65.4 Å². The number of hydrogen-bond donors (Lipinski definition) is 3. The smallest absolute Gasteiger partial charge is 0.0633 e. The molecule has 0 atom stereocenters. The second kappa shape index (κ2) is 5.21. The van der Waals surface area contributed by atoms with Gasteiger partial charge in [0, 0.05) is 18.9 Å². The van der Waals surface area contributed by atoms with Gasteiger partial charge in [0.25, 0.3) is 0 Å². The third-order valence-electron chi connectivity index (χ3n) is 2.35. The minimum Gasteiger partial charge on any atom is -0.394 e. The highest BCUT2D eigenvalue weighted by Gasteiger charge is 2.20. The maximum Gasteiger partial charge on any atom is 0.0633 e. The van der Waals surface area contributed by atoms with Crippen LogP contribution < -0.4 is 5.32 Å². The fraction of sp³-hybridized carbons (Fsp3) is 0.545. The Balaban J connectivity index is 2.56. The van der Waals surface area contributed by atoms with Crippen LogP contribution in [-0.2, 0) is 6.54 Å². The van der Waals surface area contributed by atoms with Crippen molar-refractivity contribution in [2.75, 3.05) is 13.2 Å². The Morgan fingerprint density at radius 1 is 1.33 bits per heavy atom. The van der Waals surface area contributed by atoms with Crippen molar-refractivity contribution in [1.29, 1.82) is 0 Å². The van der Waals surface area contributed by atoms with E-state index in [2.05, 4.69) is 10.3 Å². The number of aliphatic hydroxyl groups is 2. The number of nitrogens with zero attached hydrogens (tertiary/aromatic N) is 1. The average molecular weight is 210 g/mol. The fourth-order valence-electron chi connectivity index (χ4n) is 1.19. The highest BCUT2D eigenvalue weighted by atomic mass is 16.3. The van der Waals surface area contributed by atoms with Crippen molar-refractivity contribution in [2.24, 2.45) is 0 Å². The summed E-state index contributed by atoms with van der Waals surface area (Å²) in [5, 5.41) is 21.3. The minimum atomic E-state index is -0.635. The van der Waals surface area contributed by atoms with E-state index in [1.165, 1.54) is 0 Å². The van der Waals surface area contributed by atoms with Crippen molar-refractivity contribution >= 4 is 0 Å². The summed E-state index contributed by atoms with van der Waals surface area (Å²) < 4.78 is 0. The summed E-state index contributed by atoms with van der Waals surface area (Å²) in [5.41, 5.74) is 1.51. The first-order valence-corrected chi connectivity index (χ1v) is 4.97. The van der Waals surface area contributed by atoms with Gasteiger partial charge in [0.1, 0.15) is 0 Å². The Morgan fingerprint density at radius 3 is 2.53 bits per heavy atom. The Morgan fingerprint density at radius 2 is 2.00 bits per heavy atom. The van der Waals surface area contributed by atoms with Gasteiger partial charge in [-0.1, -0.05) is 6.07 Å². The first kappa shape index (κ1) is 12.1. The van der Waals surface area contributed by atoms with Crippen LogP contribution in [0.4, 0.5) is 0 Å². The standard InChI is InChI=1S/C11H18N2O2/c1-9-3-10(5-12-4-9)6-13-11(2,7-14)8-15/h3-5,13-15H,6-8H2,1-2H3. The summed E-state index contributed by atoms with van der Waals surface area (Å²) in [7, 11) is 0. The zero-order chi connectivity index (χ0) is 11.3. The van der Waals surface area contributed by atoms with Crippen LogP contribution in [0, 0.1) is 6.92 Å². The number of rotatable bonds is 5. The molecule has 0 aliphatic heterocycles. The Labute approximate surface area is 90.0 Å². The van der Waals surface area contributed by atoms with E-state index in [4.69, 9.17) is 10.2 Å². The molecule has 0 bridgehead atoms. The predicted molar refractivity (Wildman–Crippen MR) is 58.4 cm³/mol. The molecule has 84 valence electrons. The second-order valence-electron chi connectivity index (χ2n) is 4.10. The van der Waals surface area contributed by atoms with Crippen molar-refractivity contribution < 1.29 is 10.2 Å². The number of nitrogens with one attached hydrogen (secondary N) is 1. The molecule has 3 N–H and O–H groups in total. The first-order valence-electron chi connectivity index (χ1n) is 4.97. The van der Waals surface area contributed by atoms with Gasteiger partial charge in [-0.25, -0.2) is 0 Å². The molecule has 4 nitrogen and oxygen atoms in total. The zero-order valence-corrected chi connectivity index (χ0v) is 9.20. The van der Waals surface area contributed by atoms with Crippen LogP contribution in [0.2, 0.25) is 0 Å². The molecule has 0 amide bonds. The summed E-state index contributed by atoms with van der Waals surface area (Å²) in [6.07, 6.45) is 3.57. The van der Waals surface area contributed by atoms with Crippen LogP contribution in [0.25, 0.3) is 0 Å². The van der Waals surface area contributed by atoms with Crippen LogP contribution in [-0.4, -0.2) is 33.9 Å². The average Bonchev–Trinajstić information content (AvgIpc) is 2.26. The van der Waals surface area contributed by atoms with Crippen LogP contribution in [0.5, 0.6) is 0 Å². The molecule has 0 saturated carbocycles. The normalized spacial score (nSPS) is 11.7. The van der Waals surface area contributed by atoms with Gasteiger partial charge in [-0.15, -0.1) is 0 Å². The van der Waals surface area contributed by atoms with Crippen LogP contribution in [0.3, 0.4) is 0 Å². The number of hydrogen-bond acceptors (Lipinski definition) is 4. The molecule has 0 radical (unpaired) electrons. The Bertz CT molecular complexity index is 311. The number of aliphatic hydroxyl groups excluding tert-OH is 2.